The molecule has 2 nitrogen and oxygen atoms in total. The zero-order chi connectivity index (χ0) is 24.2. The molecule has 3 aromatic carbocycles. The van der Waals surface area contributed by atoms with Gasteiger partial charge in [0.05, 0.1) is 22.6 Å². The molecule has 4 aliphatic carbocycles. The van der Waals surface area contributed by atoms with E-state index in [0.29, 0.717) is 12.0 Å². The van der Waals surface area contributed by atoms with Crippen LogP contribution in [0.1, 0.15) is 48.1 Å². The molecule has 4 aliphatic rings. The van der Waals surface area contributed by atoms with Crippen LogP contribution in [-0.2, 0) is 25.7 Å². The Morgan fingerprint density at radius 3 is 1.95 bits per heavy atom. The van der Waals surface area contributed by atoms with Gasteiger partial charge in [-0.25, -0.2) is 0 Å². The summed E-state index contributed by atoms with van der Waals surface area (Å²) >= 11 is 0. The van der Waals surface area contributed by atoms with E-state index in [1.807, 2.05) is 0 Å². The van der Waals surface area contributed by atoms with Gasteiger partial charge in [0.15, 0.2) is 0 Å². The predicted molar refractivity (Wildman–Crippen MR) is 156 cm³/mol. The molecule has 2 atom stereocenters. The van der Waals surface area contributed by atoms with Gasteiger partial charge in [-0.3, -0.25) is 0 Å². The standard InChI is InChI=1S/C35H30N2/c1-21-6-5-9-27(14-21)37-33-18-25-13-11-23(25)16-29(33)31-19-30-28-15-22-10-12-24(22)17-32(28)36(34(30)20-35(31)37)26-7-3-2-4-8-26/h2-7,9,15-21,26H,8,10-14H2,1H3. The Hall–Kier alpha value is -3.78. The van der Waals surface area contributed by atoms with Crippen LogP contribution in [0, 0.1) is 5.92 Å². The minimum absolute atomic E-state index is 0.357. The molecule has 2 unspecified atom stereocenters. The molecule has 2 heterocycles. The lowest BCUT2D eigenvalue weighted by molar-refractivity contribution is 0.647. The van der Waals surface area contributed by atoms with Gasteiger partial charge in [-0.1, -0.05) is 43.4 Å². The van der Waals surface area contributed by atoms with Gasteiger partial charge < -0.3 is 9.13 Å². The maximum absolute atomic E-state index is 2.64. The van der Waals surface area contributed by atoms with Crippen LogP contribution >= 0.6 is 0 Å². The van der Waals surface area contributed by atoms with E-state index in [9.17, 15) is 0 Å². The van der Waals surface area contributed by atoms with E-state index in [1.165, 1.54) is 80.6 Å². The van der Waals surface area contributed by atoms with Crippen LogP contribution in [0.5, 0.6) is 0 Å². The second kappa shape index (κ2) is 7.16. The van der Waals surface area contributed by atoms with Crippen molar-refractivity contribution >= 4 is 49.3 Å². The van der Waals surface area contributed by atoms with Crippen molar-refractivity contribution in [1.29, 1.82) is 0 Å². The molecule has 5 aromatic rings. The van der Waals surface area contributed by atoms with Crippen LogP contribution in [0.25, 0.3) is 49.3 Å². The minimum Gasteiger partial charge on any atom is -0.333 e. The van der Waals surface area contributed by atoms with Gasteiger partial charge in [0, 0.05) is 32.8 Å². The molecule has 2 aromatic heterocycles. The first-order chi connectivity index (χ1) is 18.2. The number of benzene rings is 3. The molecule has 0 amide bonds. The Bertz CT molecular complexity index is 1950. The molecule has 37 heavy (non-hydrogen) atoms. The zero-order valence-corrected chi connectivity index (χ0v) is 21.3. The second-order valence-corrected chi connectivity index (χ2v) is 11.7. The van der Waals surface area contributed by atoms with Crippen molar-refractivity contribution in [2.45, 2.75) is 51.5 Å². The second-order valence-electron chi connectivity index (χ2n) is 11.7. The fraction of sp³-hybridized carbons (Fsp3) is 0.257. The largest absolute Gasteiger partial charge is 0.333 e. The number of aryl methyl sites for hydroxylation is 4. The Labute approximate surface area is 216 Å². The lowest BCUT2D eigenvalue weighted by atomic mass is 9.87. The summed E-state index contributed by atoms with van der Waals surface area (Å²) in [7, 11) is 0. The summed E-state index contributed by atoms with van der Waals surface area (Å²) < 4.78 is 5.23. The van der Waals surface area contributed by atoms with E-state index < -0.39 is 0 Å². The first-order valence-corrected chi connectivity index (χ1v) is 14.0. The Kier molecular flexibility index (Phi) is 3.93. The predicted octanol–water partition coefficient (Wildman–Crippen LogP) is 8.59. The fourth-order valence-electron chi connectivity index (χ4n) is 7.35. The molecule has 0 aliphatic heterocycles. The van der Waals surface area contributed by atoms with Crippen molar-refractivity contribution in [3.8, 4) is 0 Å². The monoisotopic (exact) mass is 478 g/mol. The Balaban J connectivity index is 1.44. The molecule has 0 spiro atoms. The summed E-state index contributed by atoms with van der Waals surface area (Å²) in [4.78, 5) is 0. The highest BCUT2D eigenvalue weighted by molar-refractivity contribution is 6.19. The third-order valence-electron chi connectivity index (χ3n) is 9.49. The average Bonchev–Trinajstić information content (AvgIpc) is 3.36. The fourth-order valence-corrected chi connectivity index (χ4v) is 7.35. The van der Waals surface area contributed by atoms with E-state index in [0.717, 1.165) is 12.8 Å². The zero-order valence-electron chi connectivity index (χ0n) is 21.3. The van der Waals surface area contributed by atoms with E-state index >= 15 is 0 Å². The maximum Gasteiger partial charge on any atom is 0.0560 e. The van der Waals surface area contributed by atoms with Gasteiger partial charge in [-0.05, 0) is 109 Å². The van der Waals surface area contributed by atoms with Gasteiger partial charge in [0.1, 0.15) is 0 Å². The van der Waals surface area contributed by atoms with Crippen molar-refractivity contribution in [2.75, 3.05) is 0 Å². The smallest absolute Gasteiger partial charge is 0.0560 e. The Morgan fingerprint density at radius 1 is 0.622 bits per heavy atom. The van der Waals surface area contributed by atoms with Gasteiger partial charge >= 0.3 is 0 Å². The minimum atomic E-state index is 0.357. The van der Waals surface area contributed by atoms with Crippen molar-refractivity contribution in [3.05, 3.63) is 101 Å². The highest BCUT2D eigenvalue weighted by Gasteiger charge is 2.25. The molecular formula is C35H30N2. The molecule has 0 saturated heterocycles. The quantitative estimate of drug-likeness (QED) is 0.240. The van der Waals surface area contributed by atoms with Crippen molar-refractivity contribution in [2.24, 2.45) is 5.92 Å². The molecule has 2 heteroatoms. The van der Waals surface area contributed by atoms with Crippen LogP contribution in [0.3, 0.4) is 0 Å². The summed E-state index contributed by atoms with van der Waals surface area (Å²) in [5.74, 6) is 0.562. The van der Waals surface area contributed by atoms with Gasteiger partial charge in [0.2, 0.25) is 0 Å². The number of fused-ring (bicyclic) bond motifs is 8. The lowest BCUT2D eigenvalue weighted by Crippen LogP contribution is -2.10. The summed E-state index contributed by atoms with van der Waals surface area (Å²) in [6.45, 7) is 2.33. The highest BCUT2D eigenvalue weighted by Crippen LogP contribution is 2.44. The first kappa shape index (κ1) is 20.3. The third-order valence-corrected chi connectivity index (χ3v) is 9.49. The van der Waals surface area contributed by atoms with Crippen LogP contribution < -0.4 is 0 Å². The number of aromatic nitrogens is 2. The SMILES string of the molecule is CC1C=CC=C(n2c3cc4c(cc3c3cc5c6cc7c(cc6n(C6C=CC=CC6)c5cc32)CC7)CC4)C1. The maximum atomic E-state index is 2.64. The summed E-state index contributed by atoms with van der Waals surface area (Å²) in [5.41, 5.74) is 13.1. The van der Waals surface area contributed by atoms with Crippen molar-refractivity contribution < 1.29 is 0 Å². The molecule has 0 bridgehead atoms. The van der Waals surface area contributed by atoms with Gasteiger partial charge in [-0.15, -0.1) is 0 Å². The average molecular weight is 479 g/mol. The van der Waals surface area contributed by atoms with E-state index in [-0.39, 0.29) is 0 Å². The van der Waals surface area contributed by atoms with E-state index in [2.05, 4.69) is 95.0 Å². The summed E-state index contributed by atoms with van der Waals surface area (Å²) in [6.07, 6.45) is 23.0. The van der Waals surface area contributed by atoms with Crippen LogP contribution in [0.15, 0.2) is 78.9 Å². The molecular weight excluding hydrogens is 448 g/mol. The molecule has 0 saturated carbocycles. The highest BCUT2D eigenvalue weighted by atomic mass is 15.0. The lowest BCUT2D eigenvalue weighted by Gasteiger charge is -2.22. The van der Waals surface area contributed by atoms with Crippen molar-refractivity contribution in [3.63, 3.8) is 0 Å². The topological polar surface area (TPSA) is 9.86 Å². The first-order valence-electron chi connectivity index (χ1n) is 14.0. The number of nitrogens with zero attached hydrogens (tertiary/aromatic N) is 2. The number of allylic oxidation sites excluding steroid dienone is 8. The normalized spacial score (nSPS) is 21.9. The van der Waals surface area contributed by atoms with Crippen molar-refractivity contribution in [1.82, 2.24) is 9.13 Å². The molecule has 0 N–H and O–H groups in total. The summed E-state index contributed by atoms with van der Waals surface area (Å²) in [6, 6.07) is 15.4. The van der Waals surface area contributed by atoms with E-state index in [4.69, 9.17) is 0 Å². The molecule has 9 rings (SSSR count). The van der Waals surface area contributed by atoms with E-state index in [1.54, 1.807) is 16.7 Å². The van der Waals surface area contributed by atoms with Gasteiger partial charge in [0.25, 0.3) is 0 Å². The van der Waals surface area contributed by atoms with Crippen LogP contribution in [0.2, 0.25) is 0 Å². The van der Waals surface area contributed by atoms with Crippen LogP contribution in [-0.4, -0.2) is 9.13 Å². The Morgan fingerprint density at radius 2 is 1.24 bits per heavy atom. The number of hydrogen-bond acceptors (Lipinski definition) is 0. The molecule has 0 fully saturated rings. The number of rotatable bonds is 2. The third kappa shape index (κ3) is 2.71. The number of hydrogen-bond donors (Lipinski definition) is 0. The van der Waals surface area contributed by atoms with Crippen LogP contribution in [0.4, 0.5) is 0 Å². The molecule has 180 valence electrons. The molecule has 0 radical (unpaired) electrons. The van der Waals surface area contributed by atoms with Gasteiger partial charge in [-0.2, -0.15) is 0 Å². The summed E-state index contributed by atoms with van der Waals surface area (Å²) in [5, 5.41) is 5.66.